The molecule has 6 aromatic rings. The molecule has 1 nitrogen and oxygen atoms in total. The number of aromatic nitrogens is 1. The fraction of sp³-hybridized carbons (Fsp3) is 0.205. The summed E-state index contributed by atoms with van der Waals surface area (Å²) in [6.45, 7) is -2.10. The Balaban J connectivity index is 0.000000196. The zero-order valence-corrected chi connectivity index (χ0v) is 28.2. The topological polar surface area (TPSA) is 12.9 Å². The van der Waals surface area contributed by atoms with Crippen molar-refractivity contribution < 1.29 is 27.0 Å². The van der Waals surface area contributed by atoms with Crippen LogP contribution < -0.4 is 0 Å². The maximum atomic E-state index is 8.69. The summed E-state index contributed by atoms with van der Waals surface area (Å²) in [5.74, 6) is 0.597. The summed E-state index contributed by atoms with van der Waals surface area (Å²) in [4.78, 5) is 4.38. The standard InChI is InChI=1S/C25H18.C19H22N.Ir/c1-3-9-22(10-4-1)24-16-14-20(15-17-24)18-21-8-7-13-25(19-21)23-11-5-2-6-12-23;1-15-14-20-19(17-10-6-3-7-11-17)13-18(15)12-16-8-4-2-5-9-16;/h1-11,14-17,19H,18H2;3,6-7,10,13-14,16H,2,4-5,8-9,12H2,1H3;/q-2;-1;+3/i18D2;1D3;. The zero-order valence-electron chi connectivity index (χ0n) is 30.8. The molecule has 0 bridgehead atoms. The number of hydrogen-bond donors (Lipinski definition) is 0. The predicted octanol–water partition coefficient (Wildman–Crippen LogP) is 11.2. The minimum Gasteiger partial charge on any atom is -0.304 e. The molecule has 0 saturated heterocycles. The van der Waals surface area contributed by atoms with E-state index < -0.39 is 13.2 Å². The SMILES string of the molecule is [2H]C([2H])([2H])c1cnc(-c2[c-]cccc2)cc1CC1CCCCC1.[2H]C([2H])(c1ccc(-c2ccccc2)cc1)c1cc[c-]c(-c2[c-]cccc2)c1.[Ir+3]. The number of pyridine rings is 1. The summed E-state index contributed by atoms with van der Waals surface area (Å²) in [5.41, 5.74) is 8.27. The van der Waals surface area contributed by atoms with Crippen LogP contribution in [0.3, 0.4) is 0 Å². The van der Waals surface area contributed by atoms with E-state index in [1.807, 2.05) is 103 Å². The minimum absolute atomic E-state index is 0. The predicted molar refractivity (Wildman–Crippen MR) is 188 cm³/mol. The van der Waals surface area contributed by atoms with Crippen LogP contribution in [-0.4, -0.2) is 4.98 Å². The molecule has 1 aliphatic carbocycles. The summed E-state index contributed by atoms with van der Waals surface area (Å²) in [7, 11) is 0. The van der Waals surface area contributed by atoms with E-state index in [-0.39, 0.29) is 20.1 Å². The molecule has 0 amide bonds. The average molecular weight is 780 g/mol. The quantitative estimate of drug-likeness (QED) is 0.147. The average Bonchev–Trinajstić information content (AvgIpc) is 3.16. The Morgan fingerprint density at radius 3 is 2.04 bits per heavy atom. The van der Waals surface area contributed by atoms with Crippen molar-refractivity contribution in [3.8, 4) is 33.5 Å². The van der Waals surface area contributed by atoms with Crippen molar-refractivity contribution in [2.75, 3.05) is 0 Å². The van der Waals surface area contributed by atoms with Crippen LogP contribution in [0.2, 0.25) is 0 Å². The van der Waals surface area contributed by atoms with Gasteiger partial charge in [-0.25, -0.2) is 11.1 Å². The molecular formula is C44H40IrN. The number of nitrogens with zero attached hydrogens (tertiary/aromatic N) is 1. The zero-order chi connectivity index (χ0) is 35.0. The van der Waals surface area contributed by atoms with Gasteiger partial charge in [-0.2, -0.15) is 42.5 Å². The van der Waals surface area contributed by atoms with Crippen LogP contribution in [0.5, 0.6) is 0 Å². The molecule has 0 radical (unpaired) electrons. The summed E-state index contributed by atoms with van der Waals surface area (Å²) in [6, 6.07) is 50.1. The van der Waals surface area contributed by atoms with Gasteiger partial charge >= 0.3 is 20.1 Å². The van der Waals surface area contributed by atoms with Crippen molar-refractivity contribution in [3.05, 3.63) is 174 Å². The largest absolute Gasteiger partial charge is 3.00 e. The van der Waals surface area contributed by atoms with E-state index in [1.165, 1.54) is 32.1 Å². The number of hydrogen-bond acceptors (Lipinski definition) is 1. The molecule has 0 unspecified atom stereocenters. The Bertz CT molecular complexity index is 1960. The first-order valence-corrected chi connectivity index (χ1v) is 15.8. The molecule has 0 spiro atoms. The van der Waals surface area contributed by atoms with Gasteiger partial charge in [-0.1, -0.05) is 98.3 Å². The van der Waals surface area contributed by atoms with E-state index in [4.69, 9.17) is 6.85 Å². The molecule has 1 saturated carbocycles. The molecule has 1 aromatic heterocycles. The molecular weight excluding hydrogens is 735 g/mol. The monoisotopic (exact) mass is 780 g/mol. The second kappa shape index (κ2) is 17.0. The Hall–Kier alpha value is -4.10. The Morgan fingerprint density at radius 2 is 1.35 bits per heavy atom. The van der Waals surface area contributed by atoms with Crippen LogP contribution in [-0.2, 0) is 32.9 Å². The van der Waals surface area contributed by atoms with Crippen LogP contribution in [0.1, 0.15) is 61.2 Å². The van der Waals surface area contributed by atoms with Gasteiger partial charge in [0, 0.05) is 13.1 Å². The summed E-state index contributed by atoms with van der Waals surface area (Å²) >= 11 is 0. The van der Waals surface area contributed by atoms with Gasteiger partial charge in [0.2, 0.25) is 0 Å². The summed E-state index contributed by atoms with van der Waals surface area (Å²) < 4.78 is 40.7. The maximum Gasteiger partial charge on any atom is 3.00 e. The van der Waals surface area contributed by atoms with Gasteiger partial charge in [-0.3, -0.25) is 0 Å². The first kappa shape index (κ1) is 27.1. The molecule has 1 aliphatic rings. The van der Waals surface area contributed by atoms with E-state index in [0.717, 1.165) is 45.5 Å². The van der Waals surface area contributed by atoms with E-state index in [1.54, 1.807) is 18.3 Å². The molecule has 0 atom stereocenters. The first-order chi connectivity index (χ1) is 24.2. The first-order valence-electron chi connectivity index (χ1n) is 18.3. The Kier molecular flexibility index (Phi) is 9.99. The molecule has 1 fully saturated rings. The molecule has 0 N–H and O–H groups in total. The van der Waals surface area contributed by atoms with E-state index in [0.29, 0.717) is 22.6 Å². The smallest absolute Gasteiger partial charge is 0.304 e. The van der Waals surface area contributed by atoms with Gasteiger partial charge in [-0.05, 0) is 53.5 Å². The molecule has 46 heavy (non-hydrogen) atoms. The van der Waals surface area contributed by atoms with Crippen molar-refractivity contribution in [1.29, 1.82) is 0 Å². The van der Waals surface area contributed by atoms with Gasteiger partial charge in [0.25, 0.3) is 0 Å². The third-order valence-electron chi connectivity index (χ3n) is 8.29. The number of benzene rings is 5. The van der Waals surface area contributed by atoms with Crippen LogP contribution >= 0.6 is 0 Å². The van der Waals surface area contributed by atoms with Gasteiger partial charge in [0.05, 0.1) is 0 Å². The molecule has 230 valence electrons. The van der Waals surface area contributed by atoms with Crippen molar-refractivity contribution in [1.82, 2.24) is 4.98 Å². The second-order valence-corrected chi connectivity index (χ2v) is 11.5. The minimum atomic E-state index is -2.10. The Morgan fingerprint density at radius 1 is 0.674 bits per heavy atom. The second-order valence-electron chi connectivity index (χ2n) is 11.5. The van der Waals surface area contributed by atoms with Gasteiger partial charge in [0.15, 0.2) is 0 Å². The molecule has 7 rings (SSSR count). The number of aryl methyl sites for hydroxylation is 1. The number of rotatable bonds is 7. The van der Waals surface area contributed by atoms with Gasteiger partial charge < -0.3 is 4.98 Å². The van der Waals surface area contributed by atoms with Gasteiger partial charge in [0.1, 0.15) is 0 Å². The van der Waals surface area contributed by atoms with Crippen molar-refractivity contribution in [2.24, 2.45) is 5.92 Å². The fourth-order valence-corrected chi connectivity index (χ4v) is 5.87. The molecule has 0 aliphatic heterocycles. The van der Waals surface area contributed by atoms with Crippen LogP contribution in [0, 0.1) is 31.0 Å². The van der Waals surface area contributed by atoms with Crippen LogP contribution in [0.15, 0.2) is 134 Å². The van der Waals surface area contributed by atoms with Crippen LogP contribution in [0.25, 0.3) is 33.5 Å². The third-order valence-corrected chi connectivity index (χ3v) is 8.29. The van der Waals surface area contributed by atoms with Crippen molar-refractivity contribution in [3.63, 3.8) is 0 Å². The molecule has 1 heterocycles. The third kappa shape index (κ3) is 9.22. The molecule has 5 aromatic carbocycles. The normalized spacial score (nSPS) is 15.0. The molecule has 2 heteroatoms. The summed E-state index contributed by atoms with van der Waals surface area (Å²) in [5, 5.41) is 0. The van der Waals surface area contributed by atoms with Crippen molar-refractivity contribution >= 4 is 0 Å². The fourth-order valence-electron chi connectivity index (χ4n) is 5.87. The van der Waals surface area contributed by atoms with E-state index in [9.17, 15) is 0 Å². The van der Waals surface area contributed by atoms with E-state index in [2.05, 4.69) is 35.3 Å². The maximum absolute atomic E-state index is 8.69. The van der Waals surface area contributed by atoms with E-state index >= 15 is 0 Å². The Labute approximate surface area is 296 Å². The van der Waals surface area contributed by atoms with Crippen molar-refractivity contribution in [2.45, 2.75) is 51.7 Å². The van der Waals surface area contributed by atoms with Crippen LogP contribution in [0.4, 0.5) is 0 Å². The summed E-state index contributed by atoms with van der Waals surface area (Å²) in [6.07, 6.45) is 7.04. The van der Waals surface area contributed by atoms with Gasteiger partial charge in [-0.15, -0.1) is 53.6 Å².